The summed E-state index contributed by atoms with van der Waals surface area (Å²) < 4.78 is 0. The molecule has 0 aliphatic heterocycles. The molecule has 1 heterocycles. The number of aromatic amines is 1. The van der Waals surface area contributed by atoms with E-state index in [0.717, 1.165) is 17.4 Å². The first-order chi connectivity index (χ1) is 9.83. The molecule has 0 amide bonds. The van der Waals surface area contributed by atoms with E-state index >= 15 is 0 Å². The average Bonchev–Trinajstić information content (AvgIpc) is 3.14. The number of rotatable bonds is 5. The quantitative estimate of drug-likeness (QED) is 0.870. The van der Waals surface area contributed by atoms with E-state index in [-0.39, 0.29) is 0 Å². The fraction of sp³-hybridized carbons (Fsp3) is 0.438. The summed E-state index contributed by atoms with van der Waals surface area (Å²) in [5.74, 6) is 1.70. The van der Waals surface area contributed by atoms with Crippen LogP contribution in [-0.2, 0) is 6.54 Å². The molecule has 2 aromatic rings. The van der Waals surface area contributed by atoms with Crippen LogP contribution in [0.2, 0.25) is 5.02 Å². The van der Waals surface area contributed by atoms with Gasteiger partial charge in [0.15, 0.2) is 0 Å². The second kappa shape index (κ2) is 6.42. The Kier molecular flexibility index (Phi) is 4.38. The number of hydrogen-bond donors (Lipinski definition) is 2. The van der Waals surface area contributed by atoms with Crippen molar-refractivity contribution in [2.45, 2.75) is 38.3 Å². The number of nitrogens with one attached hydrogen (secondary N) is 2. The van der Waals surface area contributed by atoms with Gasteiger partial charge in [-0.3, -0.25) is 0 Å². The molecule has 1 atom stereocenters. The van der Waals surface area contributed by atoms with Gasteiger partial charge in [0.05, 0.1) is 6.54 Å². The summed E-state index contributed by atoms with van der Waals surface area (Å²) in [5, 5.41) is 4.46. The van der Waals surface area contributed by atoms with Crippen molar-refractivity contribution in [2.24, 2.45) is 5.92 Å². The van der Waals surface area contributed by atoms with E-state index in [1.807, 2.05) is 18.3 Å². The molecule has 1 aliphatic carbocycles. The summed E-state index contributed by atoms with van der Waals surface area (Å²) in [4.78, 5) is 7.43. The van der Waals surface area contributed by atoms with Crippen LogP contribution in [0.25, 0.3) is 0 Å². The molecule has 3 nitrogen and oxygen atoms in total. The summed E-state index contributed by atoms with van der Waals surface area (Å²) in [6.45, 7) is 0.775. The number of hydrogen-bond acceptors (Lipinski definition) is 2. The Morgan fingerprint density at radius 2 is 2.00 bits per heavy atom. The highest BCUT2D eigenvalue weighted by Crippen LogP contribution is 2.36. The van der Waals surface area contributed by atoms with Crippen molar-refractivity contribution in [3.05, 3.63) is 53.1 Å². The highest BCUT2D eigenvalue weighted by molar-refractivity contribution is 6.30. The zero-order valence-corrected chi connectivity index (χ0v) is 12.2. The van der Waals surface area contributed by atoms with Crippen molar-refractivity contribution in [1.29, 1.82) is 0 Å². The van der Waals surface area contributed by atoms with Crippen LogP contribution >= 0.6 is 11.6 Å². The van der Waals surface area contributed by atoms with Crippen LogP contribution < -0.4 is 5.32 Å². The van der Waals surface area contributed by atoms with Crippen LogP contribution in [0.4, 0.5) is 0 Å². The Labute approximate surface area is 124 Å². The minimum absolute atomic E-state index is 0.389. The van der Waals surface area contributed by atoms with Crippen LogP contribution in [0.1, 0.15) is 43.1 Å². The molecule has 1 unspecified atom stereocenters. The van der Waals surface area contributed by atoms with Gasteiger partial charge >= 0.3 is 0 Å². The maximum Gasteiger partial charge on any atom is 0.120 e. The van der Waals surface area contributed by atoms with Crippen molar-refractivity contribution in [2.75, 3.05) is 0 Å². The average molecular weight is 290 g/mol. The van der Waals surface area contributed by atoms with Gasteiger partial charge in [0, 0.05) is 23.5 Å². The van der Waals surface area contributed by atoms with Gasteiger partial charge in [0.25, 0.3) is 0 Å². The van der Waals surface area contributed by atoms with Gasteiger partial charge < -0.3 is 10.3 Å². The van der Waals surface area contributed by atoms with Crippen LogP contribution in [0.3, 0.4) is 0 Å². The van der Waals surface area contributed by atoms with Gasteiger partial charge in [-0.2, -0.15) is 0 Å². The topological polar surface area (TPSA) is 40.7 Å². The molecule has 0 saturated heterocycles. The Hall–Kier alpha value is -1.32. The van der Waals surface area contributed by atoms with Crippen molar-refractivity contribution >= 4 is 11.6 Å². The van der Waals surface area contributed by atoms with Crippen LogP contribution in [0.5, 0.6) is 0 Å². The molecule has 1 fully saturated rings. The first-order valence-electron chi connectivity index (χ1n) is 7.30. The monoisotopic (exact) mass is 289 g/mol. The Bertz CT molecular complexity index is 515. The van der Waals surface area contributed by atoms with E-state index in [2.05, 4.69) is 27.4 Å². The van der Waals surface area contributed by atoms with Crippen molar-refractivity contribution in [3.8, 4) is 0 Å². The number of nitrogens with zero attached hydrogens (tertiary/aromatic N) is 1. The lowest BCUT2D eigenvalue weighted by molar-refractivity contribution is 0.363. The second-order valence-electron chi connectivity index (χ2n) is 5.49. The van der Waals surface area contributed by atoms with E-state index < -0.39 is 0 Å². The predicted molar refractivity (Wildman–Crippen MR) is 81.6 cm³/mol. The molecule has 20 heavy (non-hydrogen) atoms. The van der Waals surface area contributed by atoms with E-state index in [1.165, 1.54) is 31.2 Å². The fourth-order valence-corrected chi connectivity index (χ4v) is 3.24. The standard InChI is InChI=1S/C16H20ClN3/c17-14-7-5-13(6-8-14)16(12-3-1-2-4-12)20-11-15-18-9-10-19-15/h5-10,12,16,20H,1-4,11H2,(H,18,19). The van der Waals surface area contributed by atoms with Gasteiger partial charge in [0.2, 0.25) is 0 Å². The first-order valence-corrected chi connectivity index (χ1v) is 7.68. The van der Waals surface area contributed by atoms with Crippen molar-refractivity contribution < 1.29 is 0 Å². The summed E-state index contributed by atoms with van der Waals surface area (Å²) in [6, 6.07) is 8.63. The summed E-state index contributed by atoms with van der Waals surface area (Å²) in [5.41, 5.74) is 1.33. The molecule has 2 N–H and O–H groups in total. The maximum atomic E-state index is 6.00. The molecular weight excluding hydrogens is 270 g/mol. The molecule has 3 rings (SSSR count). The smallest absolute Gasteiger partial charge is 0.120 e. The lowest BCUT2D eigenvalue weighted by Gasteiger charge is -2.25. The number of halogens is 1. The number of aromatic nitrogens is 2. The van der Waals surface area contributed by atoms with Gasteiger partial charge in [-0.25, -0.2) is 4.98 Å². The van der Waals surface area contributed by atoms with E-state index in [0.29, 0.717) is 12.0 Å². The van der Waals surface area contributed by atoms with Crippen molar-refractivity contribution in [1.82, 2.24) is 15.3 Å². The highest BCUT2D eigenvalue weighted by Gasteiger charge is 2.26. The Balaban J connectivity index is 1.74. The molecule has 106 valence electrons. The van der Waals surface area contributed by atoms with Crippen LogP contribution in [0, 0.1) is 5.92 Å². The maximum absolute atomic E-state index is 6.00. The molecule has 1 aliphatic rings. The minimum atomic E-state index is 0.389. The van der Waals surface area contributed by atoms with E-state index in [1.54, 1.807) is 6.20 Å². The zero-order valence-electron chi connectivity index (χ0n) is 11.5. The third-order valence-corrected chi connectivity index (χ3v) is 4.40. The Morgan fingerprint density at radius 1 is 1.25 bits per heavy atom. The molecule has 1 aromatic carbocycles. The van der Waals surface area contributed by atoms with Crippen LogP contribution in [-0.4, -0.2) is 9.97 Å². The molecule has 4 heteroatoms. The molecule has 0 radical (unpaired) electrons. The summed E-state index contributed by atoms with van der Waals surface area (Å²) in [7, 11) is 0. The van der Waals surface area contributed by atoms with Gasteiger partial charge in [-0.15, -0.1) is 0 Å². The first kappa shape index (κ1) is 13.7. The molecule has 0 spiro atoms. The normalized spacial score (nSPS) is 17.4. The minimum Gasteiger partial charge on any atom is -0.348 e. The number of benzene rings is 1. The molecule has 0 bridgehead atoms. The van der Waals surface area contributed by atoms with Gasteiger partial charge in [-0.05, 0) is 36.5 Å². The molecule has 1 aromatic heterocycles. The van der Waals surface area contributed by atoms with E-state index in [9.17, 15) is 0 Å². The van der Waals surface area contributed by atoms with Gasteiger partial charge in [-0.1, -0.05) is 36.6 Å². The Morgan fingerprint density at radius 3 is 2.65 bits per heavy atom. The third-order valence-electron chi connectivity index (χ3n) is 4.14. The molecular formula is C16H20ClN3. The summed E-state index contributed by atoms with van der Waals surface area (Å²) >= 11 is 6.00. The second-order valence-corrected chi connectivity index (χ2v) is 5.93. The van der Waals surface area contributed by atoms with E-state index in [4.69, 9.17) is 11.6 Å². The zero-order chi connectivity index (χ0) is 13.8. The number of H-pyrrole nitrogens is 1. The van der Waals surface area contributed by atoms with Crippen molar-refractivity contribution in [3.63, 3.8) is 0 Å². The predicted octanol–water partition coefficient (Wildman–Crippen LogP) is 4.08. The van der Waals surface area contributed by atoms with Gasteiger partial charge in [0.1, 0.15) is 5.82 Å². The largest absolute Gasteiger partial charge is 0.348 e. The lowest BCUT2D eigenvalue weighted by Crippen LogP contribution is -2.27. The van der Waals surface area contributed by atoms with Crippen LogP contribution in [0.15, 0.2) is 36.7 Å². The molecule has 1 saturated carbocycles. The SMILES string of the molecule is Clc1ccc(C(NCc2ncc[nH]2)C2CCCC2)cc1. The third kappa shape index (κ3) is 3.22. The lowest BCUT2D eigenvalue weighted by atomic mass is 9.91. The number of imidazole rings is 1. The fourth-order valence-electron chi connectivity index (χ4n) is 3.12. The summed E-state index contributed by atoms with van der Waals surface area (Å²) in [6.07, 6.45) is 8.96. The highest BCUT2D eigenvalue weighted by atomic mass is 35.5.